The monoisotopic (exact) mass is 330 g/mol. The second kappa shape index (κ2) is 7.09. The Morgan fingerprint density at radius 2 is 2.19 bits per heavy atom. The van der Waals surface area contributed by atoms with Crippen molar-refractivity contribution in [3.8, 4) is 0 Å². The van der Waals surface area contributed by atoms with E-state index in [1.54, 1.807) is 29.4 Å². The van der Waals surface area contributed by atoms with Gasteiger partial charge >= 0.3 is 0 Å². The Labute approximate surface area is 132 Å². The van der Waals surface area contributed by atoms with Gasteiger partial charge in [-0.25, -0.2) is 8.42 Å². The fourth-order valence-corrected chi connectivity index (χ4v) is 4.78. The number of nitrogens with one attached hydrogen (secondary N) is 1. The molecule has 6 heteroatoms. The lowest BCUT2D eigenvalue weighted by molar-refractivity contribution is 0.369. The maximum atomic E-state index is 12.9. The molecule has 1 saturated heterocycles. The SMILES string of the molecule is CCCN(CC1CCCN1)S(=O)(=O)c1cccc(Cl)c1C. The zero-order valence-electron chi connectivity index (χ0n) is 12.6. The highest BCUT2D eigenvalue weighted by Gasteiger charge is 2.29. The fraction of sp³-hybridized carbons (Fsp3) is 0.600. The molecule has 1 aliphatic heterocycles. The standard InChI is InChI=1S/C15H23ClN2O2S/c1-3-10-18(11-13-6-5-9-17-13)21(19,20)15-8-4-7-14(16)12(15)2/h4,7-8,13,17H,3,5-6,9-11H2,1-2H3. The van der Waals surface area contributed by atoms with Crippen LogP contribution >= 0.6 is 11.6 Å². The van der Waals surface area contributed by atoms with Gasteiger partial charge in [0.1, 0.15) is 0 Å². The quantitative estimate of drug-likeness (QED) is 0.872. The van der Waals surface area contributed by atoms with Gasteiger partial charge in [0, 0.05) is 24.2 Å². The summed E-state index contributed by atoms with van der Waals surface area (Å²) in [6.45, 7) is 5.79. The van der Waals surface area contributed by atoms with Gasteiger partial charge in [-0.3, -0.25) is 0 Å². The van der Waals surface area contributed by atoms with Gasteiger partial charge in [-0.05, 0) is 50.4 Å². The van der Waals surface area contributed by atoms with E-state index >= 15 is 0 Å². The average Bonchev–Trinajstić information content (AvgIpc) is 2.94. The molecule has 0 bridgehead atoms. The zero-order valence-corrected chi connectivity index (χ0v) is 14.2. The second-order valence-corrected chi connectivity index (χ2v) is 7.83. The Balaban J connectivity index is 2.30. The number of rotatable bonds is 6. The first-order chi connectivity index (χ1) is 9.96. The summed E-state index contributed by atoms with van der Waals surface area (Å²) in [5, 5.41) is 3.85. The van der Waals surface area contributed by atoms with Crippen LogP contribution in [0.3, 0.4) is 0 Å². The summed E-state index contributed by atoms with van der Waals surface area (Å²) in [5.41, 5.74) is 0.625. The molecule has 118 valence electrons. The third kappa shape index (κ3) is 3.77. The summed E-state index contributed by atoms with van der Waals surface area (Å²) in [6.07, 6.45) is 2.94. The Morgan fingerprint density at radius 1 is 1.43 bits per heavy atom. The van der Waals surface area contributed by atoms with Crippen molar-refractivity contribution in [2.75, 3.05) is 19.6 Å². The van der Waals surface area contributed by atoms with E-state index in [0.717, 1.165) is 25.8 Å². The number of hydrogen-bond donors (Lipinski definition) is 1. The van der Waals surface area contributed by atoms with Crippen LogP contribution in [0.4, 0.5) is 0 Å². The molecule has 1 aliphatic rings. The maximum Gasteiger partial charge on any atom is 0.243 e. The normalized spacial score (nSPS) is 19.3. The van der Waals surface area contributed by atoms with Crippen molar-refractivity contribution >= 4 is 21.6 Å². The largest absolute Gasteiger partial charge is 0.313 e. The molecule has 0 spiro atoms. The summed E-state index contributed by atoms with van der Waals surface area (Å²) in [7, 11) is -3.49. The van der Waals surface area contributed by atoms with E-state index in [1.807, 2.05) is 6.92 Å². The number of hydrogen-bond acceptors (Lipinski definition) is 3. The molecule has 0 amide bonds. The summed E-state index contributed by atoms with van der Waals surface area (Å²) in [4.78, 5) is 0.321. The smallest absolute Gasteiger partial charge is 0.243 e. The van der Waals surface area contributed by atoms with E-state index in [1.165, 1.54) is 0 Å². The van der Waals surface area contributed by atoms with E-state index in [2.05, 4.69) is 5.32 Å². The van der Waals surface area contributed by atoms with Gasteiger partial charge in [-0.15, -0.1) is 0 Å². The number of sulfonamides is 1. The van der Waals surface area contributed by atoms with Crippen molar-refractivity contribution in [2.45, 2.75) is 44.0 Å². The zero-order chi connectivity index (χ0) is 15.5. The van der Waals surface area contributed by atoms with Gasteiger partial charge in [0.15, 0.2) is 0 Å². The van der Waals surface area contributed by atoms with Crippen LogP contribution in [0.1, 0.15) is 31.7 Å². The molecule has 1 aromatic rings. The molecule has 21 heavy (non-hydrogen) atoms. The highest BCUT2D eigenvalue weighted by Crippen LogP contribution is 2.26. The van der Waals surface area contributed by atoms with Crippen LogP contribution in [0.2, 0.25) is 5.02 Å². The van der Waals surface area contributed by atoms with Crippen molar-refractivity contribution in [1.82, 2.24) is 9.62 Å². The Bertz CT molecular complexity index is 583. The first-order valence-electron chi connectivity index (χ1n) is 7.45. The minimum Gasteiger partial charge on any atom is -0.313 e. The molecule has 2 rings (SSSR count). The van der Waals surface area contributed by atoms with Crippen LogP contribution in [-0.4, -0.2) is 38.4 Å². The van der Waals surface area contributed by atoms with E-state index in [0.29, 0.717) is 28.6 Å². The molecule has 0 aliphatic carbocycles. The molecule has 1 aromatic carbocycles. The van der Waals surface area contributed by atoms with Crippen molar-refractivity contribution in [2.24, 2.45) is 0 Å². The minimum atomic E-state index is -3.49. The summed E-state index contributed by atoms with van der Waals surface area (Å²) in [6, 6.07) is 5.31. The van der Waals surface area contributed by atoms with E-state index in [-0.39, 0.29) is 6.04 Å². The third-order valence-corrected chi connectivity index (χ3v) is 6.31. The summed E-state index contributed by atoms with van der Waals surface area (Å²) < 4.78 is 27.4. The average molecular weight is 331 g/mol. The highest BCUT2D eigenvalue weighted by molar-refractivity contribution is 7.89. The molecular formula is C15H23ClN2O2S. The Hall–Kier alpha value is -0.620. The maximum absolute atomic E-state index is 12.9. The van der Waals surface area contributed by atoms with Crippen molar-refractivity contribution in [3.63, 3.8) is 0 Å². The van der Waals surface area contributed by atoms with Crippen molar-refractivity contribution < 1.29 is 8.42 Å². The Kier molecular flexibility index (Phi) is 5.66. The van der Waals surface area contributed by atoms with Gasteiger partial charge in [-0.2, -0.15) is 4.31 Å². The topological polar surface area (TPSA) is 49.4 Å². The predicted molar refractivity (Wildman–Crippen MR) is 86.3 cm³/mol. The van der Waals surface area contributed by atoms with Crippen molar-refractivity contribution in [3.05, 3.63) is 28.8 Å². The number of nitrogens with zero attached hydrogens (tertiary/aromatic N) is 1. The molecule has 0 saturated carbocycles. The lowest BCUT2D eigenvalue weighted by Gasteiger charge is -2.25. The van der Waals surface area contributed by atoms with Gasteiger partial charge < -0.3 is 5.32 Å². The van der Waals surface area contributed by atoms with E-state index < -0.39 is 10.0 Å². The third-order valence-electron chi connectivity index (χ3n) is 3.90. The lowest BCUT2D eigenvalue weighted by Crippen LogP contribution is -2.41. The molecule has 1 fully saturated rings. The second-order valence-electron chi connectivity index (χ2n) is 5.52. The van der Waals surface area contributed by atoms with E-state index in [4.69, 9.17) is 11.6 Å². The van der Waals surface area contributed by atoms with Crippen molar-refractivity contribution in [1.29, 1.82) is 0 Å². The fourth-order valence-electron chi connectivity index (χ4n) is 2.72. The van der Waals surface area contributed by atoms with Gasteiger partial charge in [0.05, 0.1) is 4.90 Å². The predicted octanol–water partition coefficient (Wildman–Crippen LogP) is 2.80. The first kappa shape index (κ1) is 16.7. The molecule has 0 radical (unpaired) electrons. The van der Waals surface area contributed by atoms with Gasteiger partial charge in [0.25, 0.3) is 0 Å². The molecule has 1 heterocycles. The van der Waals surface area contributed by atoms with Crippen LogP contribution in [0.25, 0.3) is 0 Å². The van der Waals surface area contributed by atoms with Crippen LogP contribution in [0.5, 0.6) is 0 Å². The summed E-state index contributed by atoms with van der Waals surface area (Å²) in [5.74, 6) is 0. The lowest BCUT2D eigenvalue weighted by atomic mass is 10.2. The van der Waals surface area contributed by atoms with Crippen LogP contribution in [0.15, 0.2) is 23.1 Å². The van der Waals surface area contributed by atoms with Gasteiger partial charge in [-0.1, -0.05) is 24.6 Å². The molecule has 1 unspecified atom stereocenters. The Morgan fingerprint density at radius 3 is 2.81 bits per heavy atom. The molecule has 0 aromatic heterocycles. The van der Waals surface area contributed by atoms with Gasteiger partial charge in [0.2, 0.25) is 10.0 Å². The number of benzene rings is 1. The van der Waals surface area contributed by atoms with Crippen LogP contribution in [-0.2, 0) is 10.0 Å². The number of halogens is 1. The minimum absolute atomic E-state index is 0.255. The highest BCUT2D eigenvalue weighted by atomic mass is 35.5. The summed E-state index contributed by atoms with van der Waals surface area (Å²) >= 11 is 6.08. The molecule has 1 N–H and O–H groups in total. The first-order valence-corrected chi connectivity index (χ1v) is 9.27. The van der Waals surface area contributed by atoms with Crippen LogP contribution in [0, 0.1) is 6.92 Å². The molecule has 4 nitrogen and oxygen atoms in total. The molecular weight excluding hydrogens is 308 g/mol. The van der Waals surface area contributed by atoms with Crippen LogP contribution < -0.4 is 5.32 Å². The van der Waals surface area contributed by atoms with E-state index in [9.17, 15) is 8.42 Å². The molecule has 1 atom stereocenters.